The number of hydrogen-bond acceptors (Lipinski definition) is 7. The Morgan fingerprint density at radius 1 is 0.846 bits per heavy atom. The molecule has 0 fully saturated rings. The molecule has 0 saturated carbocycles. The third-order valence-corrected chi connectivity index (χ3v) is 9.51. The smallest absolute Gasteiger partial charge is 0.264 e. The van der Waals surface area contributed by atoms with Gasteiger partial charge in [-0.2, -0.15) is 0 Å². The van der Waals surface area contributed by atoms with Crippen molar-refractivity contribution in [3.8, 4) is 0 Å². The van der Waals surface area contributed by atoms with Gasteiger partial charge in [-0.25, -0.2) is 21.8 Å². The molecule has 0 aliphatic heterocycles. The summed E-state index contributed by atoms with van der Waals surface area (Å²) in [4.78, 5) is 17.9. The quantitative estimate of drug-likeness (QED) is 0.259. The zero-order chi connectivity index (χ0) is 28.0. The Balaban J connectivity index is 1.53. The fourth-order valence-corrected chi connectivity index (χ4v) is 6.41. The van der Waals surface area contributed by atoms with Crippen molar-refractivity contribution in [2.24, 2.45) is 0 Å². The molecule has 202 valence electrons. The monoisotopic (exact) mass is 582 g/mol. The van der Waals surface area contributed by atoms with Crippen LogP contribution in [0.25, 0.3) is 0 Å². The minimum absolute atomic E-state index is 0.0244. The Morgan fingerprint density at radius 3 is 2.08 bits per heavy atom. The van der Waals surface area contributed by atoms with Crippen LogP contribution in [-0.4, -0.2) is 40.5 Å². The number of pyridine rings is 1. The predicted molar refractivity (Wildman–Crippen MR) is 154 cm³/mol. The number of rotatable bonds is 10. The molecule has 0 radical (unpaired) electrons. The first-order chi connectivity index (χ1) is 18.6. The number of thioether (sulfide) groups is 1. The highest BCUT2D eigenvalue weighted by molar-refractivity contribution is 7.98. The fraction of sp³-hybridized carbons (Fsp3) is 0.111. The van der Waals surface area contributed by atoms with Gasteiger partial charge in [0.05, 0.1) is 15.5 Å². The van der Waals surface area contributed by atoms with Gasteiger partial charge in [-0.3, -0.25) is 13.8 Å². The van der Waals surface area contributed by atoms with Gasteiger partial charge in [0.25, 0.3) is 20.0 Å². The second-order valence-electron chi connectivity index (χ2n) is 8.42. The number of carbonyl (C=O) groups is 1. The number of aryl methyl sites for hydroxylation is 1. The molecule has 0 saturated heterocycles. The molecule has 0 aliphatic rings. The van der Waals surface area contributed by atoms with Crippen molar-refractivity contribution in [2.75, 3.05) is 27.1 Å². The molecule has 1 heterocycles. The van der Waals surface area contributed by atoms with Crippen LogP contribution in [0, 0.1) is 6.92 Å². The van der Waals surface area contributed by atoms with Crippen LogP contribution in [0.15, 0.2) is 112 Å². The molecule has 3 aromatic carbocycles. The topological polar surface area (TPSA) is 126 Å². The predicted octanol–water partition coefficient (Wildman–Crippen LogP) is 4.75. The van der Waals surface area contributed by atoms with E-state index in [1.165, 1.54) is 60.4 Å². The van der Waals surface area contributed by atoms with E-state index in [0.717, 1.165) is 14.8 Å². The maximum absolute atomic E-state index is 13.6. The average molecular weight is 583 g/mol. The molecule has 9 nitrogen and oxygen atoms in total. The van der Waals surface area contributed by atoms with Crippen LogP contribution in [-0.2, 0) is 24.8 Å². The highest BCUT2D eigenvalue weighted by atomic mass is 32.2. The molecule has 2 N–H and O–H groups in total. The summed E-state index contributed by atoms with van der Waals surface area (Å²) >= 11 is 1.49. The molecular formula is C27H26N4O5S3. The minimum atomic E-state index is -4.07. The molecule has 1 amide bonds. The lowest BCUT2D eigenvalue weighted by atomic mass is 10.2. The summed E-state index contributed by atoms with van der Waals surface area (Å²) in [6.45, 7) is 1.39. The van der Waals surface area contributed by atoms with E-state index in [1.54, 1.807) is 48.5 Å². The first-order valence-electron chi connectivity index (χ1n) is 11.7. The van der Waals surface area contributed by atoms with Crippen LogP contribution in [0.2, 0.25) is 0 Å². The molecule has 4 rings (SSSR count). The van der Waals surface area contributed by atoms with E-state index < -0.39 is 32.5 Å². The van der Waals surface area contributed by atoms with Crippen molar-refractivity contribution in [3.05, 3.63) is 103 Å². The van der Waals surface area contributed by atoms with Crippen molar-refractivity contribution in [3.63, 3.8) is 0 Å². The van der Waals surface area contributed by atoms with Gasteiger partial charge in [-0.05, 0) is 86.0 Å². The van der Waals surface area contributed by atoms with E-state index in [-0.39, 0.29) is 15.6 Å². The van der Waals surface area contributed by atoms with E-state index >= 15 is 0 Å². The van der Waals surface area contributed by atoms with Gasteiger partial charge in [0.2, 0.25) is 5.91 Å². The molecule has 0 spiro atoms. The Kier molecular flexibility index (Phi) is 8.58. The molecule has 1 aromatic heterocycles. The number of nitrogens with one attached hydrogen (secondary N) is 2. The Bertz CT molecular complexity index is 1640. The van der Waals surface area contributed by atoms with Crippen LogP contribution in [0.4, 0.5) is 17.2 Å². The Hall–Kier alpha value is -3.87. The van der Waals surface area contributed by atoms with Gasteiger partial charge in [0.15, 0.2) is 0 Å². The number of aromatic nitrogens is 1. The van der Waals surface area contributed by atoms with Gasteiger partial charge in [0, 0.05) is 16.8 Å². The van der Waals surface area contributed by atoms with Crippen molar-refractivity contribution >= 4 is 54.9 Å². The maximum atomic E-state index is 13.6. The number of hydrogen-bond donors (Lipinski definition) is 2. The van der Waals surface area contributed by atoms with Gasteiger partial charge < -0.3 is 5.32 Å². The number of amides is 1. The summed E-state index contributed by atoms with van der Waals surface area (Å²) in [5.74, 6) is -0.419. The highest BCUT2D eigenvalue weighted by Crippen LogP contribution is 2.26. The summed E-state index contributed by atoms with van der Waals surface area (Å²) in [7, 11) is -7.95. The number of nitrogens with zero attached hydrogens (tertiary/aromatic N) is 2. The number of benzene rings is 3. The molecule has 0 aliphatic carbocycles. The van der Waals surface area contributed by atoms with Crippen molar-refractivity contribution in [1.29, 1.82) is 0 Å². The summed E-state index contributed by atoms with van der Waals surface area (Å²) < 4.78 is 55.8. The lowest BCUT2D eigenvalue weighted by Crippen LogP contribution is -2.38. The first kappa shape index (κ1) is 28.1. The molecule has 39 heavy (non-hydrogen) atoms. The second kappa shape index (κ2) is 11.9. The fourth-order valence-electron chi connectivity index (χ4n) is 3.57. The molecule has 12 heteroatoms. The molecule has 4 aromatic rings. The summed E-state index contributed by atoms with van der Waals surface area (Å²) in [6, 6.07) is 23.6. The summed E-state index contributed by atoms with van der Waals surface area (Å²) in [5, 5.41) is 2.65. The first-order valence-corrected chi connectivity index (χ1v) is 15.8. The molecule has 0 atom stereocenters. The molecule has 0 unspecified atom stereocenters. The van der Waals surface area contributed by atoms with Crippen molar-refractivity contribution in [2.45, 2.75) is 21.6 Å². The second-order valence-corrected chi connectivity index (χ2v) is 12.8. The number of sulfonamides is 2. The zero-order valence-electron chi connectivity index (χ0n) is 21.1. The molecule has 0 bridgehead atoms. The SMILES string of the molecule is CSc1ccc(S(=O)(=O)N(CC(=O)Nc2ccc(S(=O)(=O)Nc3ccccn3)cc2)c2ccc(C)cc2)cc1. The van der Waals surface area contributed by atoms with Crippen LogP contribution in [0.1, 0.15) is 5.56 Å². The van der Waals surface area contributed by atoms with Crippen LogP contribution in [0.5, 0.6) is 0 Å². The van der Waals surface area contributed by atoms with Crippen LogP contribution >= 0.6 is 11.8 Å². The van der Waals surface area contributed by atoms with E-state index in [9.17, 15) is 21.6 Å². The van der Waals surface area contributed by atoms with E-state index in [2.05, 4.69) is 15.0 Å². The van der Waals surface area contributed by atoms with Crippen molar-refractivity contribution in [1.82, 2.24) is 4.98 Å². The molecular weight excluding hydrogens is 557 g/mol. The number of anilines is 3. The average Bonchev–Trinajstić information content (AvgIpc) is 2.93. The summed E-state index contributed by atoms with van der Waals surface area (Å²) in [6.07, 6.45) is 3.36. The van der Waals surface area contributed by atoms with Gasteiger partial charge in [0.1, 0.15) is 12.4 Å². The minimum Gasteiger partial charge on any atom is -0.325 e. The van der Waals surface area contributed by atoms with Gasteiger partial charge in [-0.1, -0.05) is 23.8 Å². The third kappa shape index (κ3) is 6.96. The highest BCUT2D eigenvalue weighted by Gasteiger charge is 2.27. The standard InChI is InChI=1S/C27H26N4O5S3/c1-20-6-10-22(11-7-20)31(39(35,36)25-16-12-23(37-2)13-17-25)19-27(32)29-21-8-14-24(15-9-21)38(33,34)30-26-5-3-4-18-28-26/h3-18H,19H2,1-2H3,(H,28,30)(H,29,32). The van der Waals surface area contributed by atoms with E-state index in [1.807, 2.05) is 13.2 Å². The maximum Gasteiger partial charge on any atom is 0.264 e. The normalized spacial score (nSPS) is 11.5. The summed E-state index contributed by atoms with van der Waals surface area (Å²) in [5.41, 5.74) is 1.59. The van der Waals surface area contributed by atoms with Crippen LogP contribution in [0.3, 0.4) is 0 Å². The van der Waals surface area contributed by atoms with E-state index in [0.29, 0.717) is 11.4 Å². The third-order valence-electron chi connectivity index (χ3n) is 5.61. The Morgan fingerprint density at radius 2 is 1.49 bits per heavy atom. The van der Waals surface area contributed by atoms with Gasteiger partial charge >= 0.3 is 0 Å². The van der Waals surface area contributed by atoms with E-state index in [4.69, 9.17) is 0 Å². The zero-order valence-corrected chi connectivity index (χ0v) is 23.6. The van der Waals surface area contributed by atoms with Crippen molar-refractivity contribution < 1.29 is 21.6 Å². The lowest BCUT2D eigenvalue weighted by Gasteiger charge is -2.24. The Labute approximate surface area is 232 Å². The van der Waals surface area contributed by atoms with Gasteiger partial charge in [-0.15, -0.1) is 11.8 Å². The lowest BCUT2D eigenvalue weighted by molar-refractivity contribution is -0.114. The largest absolute Gasteiger partial charge is 0.325 e. The number of carbonyl (C=O) groups excluding carboxylic acids is 1. The van der Waals surface area contributed by atoms with Crippen LogP contribution < -0.4 is 14.3 Å².